The van der Waals surface area contributed by atoms with Crippen molar-refractivity contribution in [3.63, 3.8) is 0 Å². The Kier molecular flexibility index (Phi) is 3.75. The number of nitrogen functional groups attached to an aromatic ring is 1. The number of rotatable bonds is 2. The van der Waals surface area contributed by atoms with Crippen LogP contribution in [-0.2, 0) is 0 Å². The summed E-state index contributed by atoms with van der Waals surface area (Å²) in [7, 11) is 0. The van der Waals surface area contributed by atoms with Crippen LogP contribution in [-0.4, -0.2) is 15.8 Å². The van der Waals surface area contributed by atoms with E-state index in [1.54, 1.807) is 36.4 Å². The molecule has 0 radical (unpaired) electrons. The molecule has 4 N–H and O–H groups in total. The highest BCUT2D eigenvalue weighted by Crippen LogP contribution is 2.19. The Labute approximate surface area is 138 Å². The third-order valence-corrected chi connectivity index (χ3v) is 3.79. The van der Waals surface area contributed by atoms with E-state index in [-0.39, 0.29) is 16.7 Å². The first-order valence-electron chi connectivity index (χ1n) is 6.61. The second kappa shape index (κ2) is 5.73. The molecule has 116 valence electrons. The van der Waals surface area contributed by atoms with Gasteiger partial charge in [-0.1, -0.05) is 39.0 Å². The molecule has 3 rings (SSSR count). The summed E-state index contributed by atoms with van der Waals surface area (Å²) in [4.78, 5) is 24.6. The van der Waals surface area contributed by atoms with E-state index < -0.39 is 11.7 Å². The minimum atomic E-state index is -0.696. The maximum absolute atomic E-state index is 12.4. The minimum absolute atomic E-state index is 0.159. The van der Waals surface area contributed by atoms with Gasteiger partial charge in [0.2, 0.25) is 11.2 Å². The van der Waals surface area contributed by atoms with Crippen molar-refractivity contribution in [3.05, 3.63) is 63.6 Å². The quantitative estimate of drug-likeness (QED) is 0.472. The predicted molar refractivity (Wildman–Crippen MR) is 89.0 cm³/mol. The molecular weight excluding hydrogens is 364 g/mol. The highest BCUT2D eigenvalue weighted by atomic mass is 79.9. The van der Waals surface area contributed by atoms with Gasteiger partial charge in [0.1, 0.15) is 5.52 Å². The molecule has 0 saturated carbocycles. The Morgan fingerprint density at radius 3 is 2.70 bits per heavy atom. The number of amides is 1. The number of hydrogen-bond donors (Lipinski definition) is 3. The largest absolute Gasteiger partial charge is 0.427 e. The number of benzene rings is 2. The molecule has 0 atom stereocenters. The fourth-order valence-electron chi connectivity index (χ4n) is 2.24. The number of fused-ring (bicyclic) bond motifs is 1. The van der Waals surface area contributed by atoms with Crippen molar-refractivity contribution in [3.8, 4) is 0 Å². The number of halogens is 1. The molecule has 0 spiro atoms. The van der Waals surface area contributed by atoms with Gasteiger partial charge in [-0.25, -0.2) is 0 Å². The Morgan fingerprint density at radius 1 is 1.22 bits per heavy atom. The highest BCUT2D eigenvalue weighted by molar-refractivity contribution is 9.10. The van der Waals surface area contributed by atoms with E-state index in [0.717, 1.165) is 4.47 Å². The van der Waals surface area contributed by atoms with Crippen LogP contribution < -0.4 is 15.5 Å². The highest BCUT2D eigenvalue weighted by Gasteiger charge is 2.26. The first kappa shape index (κ1) is 15.0. The molecule has 0 bridgehead atoms. The second-order valence-corrected chi connectivity index (χ2v) is 5.71. The van der Waals surface area contributed by atoms with Gasteiger partial charge in [0.05, 0.1) is 0 Å². The van der Waals surface area contributed by atoms with E-state index in [4.69, 9.17) is 5.73 Å². The van der Waals surface area contributed by atoms with E-state index in [9.17, 15) is 14.9 Å². The first-order valence-corrected chi connectivity index (χ1v) is 7.40. The van der Waals surface area contributed by atoms with Gasteiger partial charge < -0.3 is 10.5 Å². The molecule has 7 nitrogen and oxygen atoms in total. The van der Waals surface area contributed by atoms with Crippen LogP contribution in [0.25, 0.3) is 11.0 Å². The smallest absolute Gasteiger partial charge is 0.351 e. The number of nitrogens with two attached hydrogens (primary N) is 1. The topological polar surface area (TPSA) is 103 Å². The van der Waals surface area contributed by atoms with Gasteiger partial charge >= 0.3 is 5.82 Å². The molecule has 8 heteroatoms. The summed E-state index contributed by atoms with van der Waals surface area (Å²) in [6.07, 6.45) is 0. The average Bonchev–Trinajstić information content (AvgIpc) is 2.53. The van der Waals surface area contributed by atoms with Crippen LogP contribution in [0, 0.1) is 4.91 Å². The third kappa shape index (κ3) is 2.64. The van der Waals surface area contributed by atoms with E-state index in [1.807, 2.05) is 0 Å². The van der Waals surface area contributed by atoms with Crippen LogP contribution in [0.15, 0.2) is 53.0 Å². The van der Waals surface area contributed by atoms with Crippen LogP contribution in [0.3, 0.4) is 0 Å². The SMILES string of the molecule is Nc1c(C(=O)Nc2cccc(Br)c2)n(O)c2ccccc2[n+]1=O. The van der Waals surface area contributed by atoms with Crippen molar-refractivity contribution < 1.29 is 14.4 Å². The van der Waals surface area contributed by atoms with Gasteiger partial charge in [0.25, 0.3) is 5.91 Å². The zero-order valence-corrected chi connectivity index (χ0v) is 13.3. The number of carbonyl (C=O) groups is 1. The number of nitrogens with zero attached hydrogens (tertiary/aromatic N) is 2. The fourth-order valence-corrected chi connectivity index (χ4v) is 2.64. The third-order valence-electron chi connectivity index (χ3n) is 3.30. The maximum Gasteiger partial charge on any atom is 0.351 e. The summed E-state index contributed by atoms with van der Waals surface area (Å²) in [5, 5.41) is 12.9. The summed E-state index contributed by atoms with van der Waals surface area (Å²) in [5.41, 5.74) is 6.23. The Morgan fingerprint density at radius 2 is 1.96 bits per heavy atom. The maximum atomic E-state index is 12.4. The molecule has 0 saturated heterocycles. The van der Waals surface area contributed by atoms with Gasteiger partial charge in [-0.05, 0) is 30.3 Å². The van der Waals surface area contributed by atoms with E-state index in [0.29, 0.717) is 14.8 Å². The second-order valence-electron chi connectivity index (χ2n) is 4.79. The Hall–Kier alpha value is -2.87. The minimum Gasteiger partial charge on any atom is -0.427 e. The summed E-state index contributed by atoms with van der Waals surface area (Å²) in [6.45, 7) is 0. The normalized spacial score (nSPS) is 10.7. The lowest BCUT2D eigenvalue weighted by Gasteiger charge is -2.10. The molecule has 1 heterocycles. The lowest BCUT2D eigenvalue weighted by molar-refractivity contribution is -0.448. The van der Waals surface area contributed by atoms with Gasteiger partial charge in [-0.2, -0.15) is 4.73 Å². The zero-order valence-electron chi connectivity index (χ0n) is 11.7. The molecule has 0 unspecified atom stereocenters. The van der Waals surface area contributed by atoms with Crippen molar-refractivity contribution in [1.82, 2.24) is 4.73 Å². The number of hydrogen-bond acceptors (Lipinski definition) is 4. The molecule has 23 heavy (non-hydrogen) atoms. The lowest BCUT2D eigenvalue weighted by Crippen LogP contribution is -2.31. The van der Waals surface area contributed by atoms with Crippen LogP contribution in [0.5, 0.6) is 0 Å². The fraction of sp³-hybridized carbons (Fsp3) is 0. The van der Waals surface area contributed by atoms with Gasteiger partial charge in [-0.3, -0.25) is 10.5 Å². The average molecular weight is 376 g/mol. The Balaban J connectivity index is 2.12. The van der Waals surface area contributed by atoms with Crippen molar-refractivity contribution in [2.24, 2.45) is 0 Å². The van der Waals surface area contributed by atoms with Crippen molar-refractivity contribution in [1.29, 1.82) is 0 Å². The molecule has 1 amide bonds. The van der Waals surface area contributed by atoms with Crippen LogP contribution in [0.1, 0.15) is 10.5 Å². The van der Waals surface area contributed by atoms with E-state index in [1.165, 1.54) is 12.1 Å². The van der Waals surface area contributed by atoms with E-state index >= 15 is 0 Å². The van der Waals surface area contributed by atoms with Gasteiger partial charge in [0.15, 0.2) is 0 Å². The molecule has 0 aliphatic rings. The summed E-state index contributed by atoms with van der Waals surface area (Å²) in [6, 6.07) is 13.2. The first-order chi connectivity index (χ1) is 11.0. The van der Waals surface area contributed by atoms with Crippen LogP contribution in [0.4, 0.5) is 11.5 Å². The number of carbonyl (C=O) groups excluding carboxylic acids is 1. The molecule has 0 fully saturated rings. The lowest BCUT2D eigenvalue weighted by atomic mass is 10.2. The molecule has 0 aliphatic heterocycles. The Bertz CT molecular complexity index is 984. The zero-order chi connectivity index (χ0) is 16.6. The predicted octanol–water partition coefficient (Wildman–Crippen LogP) is 2.39. The number of aromatic nitrogens is 2. The standard InChI is InChI=1S/C15H11BrN4O3/c16-9-4-3-5-10(8-9)18-15(21)13-14(17)20(23)12-7-2-1-6-11(12)19(13)22/h1-8,22H,(H2-,17,18,21)/p+1. The van der Waals surface area contributed by atoms with E-state index in [2.05, 4.69) is 21.2 Å². The summed E-state index contributed by atoms with van der Waals surface area (Å²) >= 11 is 3.30. The van der Waals surface area contributed by atoms with Gasteiger partial charge in [0, 0.05) is 14.6 Å². The van der Waals surface area contributed by atoms with Crippen molar-refractivity contribution >= 4 is 44.4 Å². The monoisotopic (exact) mass is 375 g/mol. The molecule has 0 aliphatic carbocycles. The number of para-hydroxylation sites is 2. The van der Waals surface area contributed by atoms with Crippen molar-refractivity contribution in [2.75, 3.05) is 11.1 Å². The molecule has 3 aromatic rings. The molecule has 1 aromatic heterocycles. The van der Waals surface area contributed by atoms with Crippen LogP contribution in [0.2, 0.25) is 0 Å². The summed E-state index contributed by atoms with van der Waals surface area (Å²) in [5.74, 6) is -1.09. The number of anilines is 2. The van der Waals surface area contributed by atoms with Gasteiger partial charge in [-0.15, -0.1) is 0 Å². The van der Waals surface area contributed by atoms with Crippen LogP contribution >= 0.6 is 15.9 Å². The van der Waals surface area contributed by atoms with Crippen molar-refractivity contribution in [2.45, 2.75) is 0 Å². The molecular formula is C15H12BrN4O3+. The summed E-state index contributed by atoms with van der Waals surface area (Å²) < 4.78 is 1.81. The number of nitrogens with one attached hydrogen (secondary N) is 1. The molecule has 2 aromatic carbocycles.